The second-order valence-corrected chi connectivity index (χ2v) is 4.20. The number of nitrogens with zero attached hydrogens (tertiary/aromatic N) is 2. The van der Waals surface area contributed by atoms with Gasteiger partial charge >= 0.3 is 0 Å². The van der Waals surface area contributed by atoms with Crippen molar-refractivity contribution in [1.82, 2.24) is 9.97 Å². The maximum atomic E-state index is 12.2. The molecule has 0 bridgehead atoms. The van der Waals surface area contributed by atoms with Crippen LogP contribution in [0, 0.1) is 0 Å². The Labute approximate surface area is 120 Å². The van der Waals surface area contributed by atoms with Gasteiger partial charge in [0.15, 0.2) is 0 Å². The van der Waals surface area contributed by atoms with Crippen molar-refractivity contribution in [3.05, 3.63) is 41.2 Å². The molecule has 0 aliphatic carbocycles. The molecule has 0 atom stereocenters. The smallest absolute Gasteiger partial charge is 0.265 e. The molecule has 2 aromatic rings. The molecule has 1 aromatic carbocycles. The lowest BCUT2D eigenvalue weighted by Crippen LogP contribution is -2.15. The van der Waals surface area contributed by atoms with E-state index in [9.17, 15) is 9.90 Å². The Balaban J connectivity index is 2.26. The minimum absolute atomic E-state index is 0.0351. The quantitative estimate of drug-likeness (QED) is 0.904. The summed E-state index contributed by atoms with van der Waals surface area (Å²) in [5, 5.41) is 12.6. The number of carbonyl (C=O) groups is 1. The van der Waals surface area contributed by atoms with Gasteiger partial charge in [0.1, 0.15) is 17.1 Å². The standard InChI is InChI=1S/C13H12ClN3O3/c1-2-20-10-5-3-4-9(18)11(10)12(19)17-13-15-6-8(14)7-16-13/h3-7,18H,2H2,1H3,(H,15,16,17,19). The monoisotopic (exact) mass is 293 g/mol. The first kappa shape index (κ1) is 14.1. The molecule has 0 aliphatic rings. The summed E-state index contributed by atoms with van der Waals surface area (Å²) < 4.78 is 5.31. The van der Waals surface area contributed by atoms with Gasteiger partial charge in [0.2, 0.25) is 5.95 Å². The maximum absolute atomic E-state index is 12.2. The Bertz CT molecular complexity index is 617. The van der Waals surface area contributed by atoms with Crippen LogP contribution in [0.4, 0.5) is 5.95 Å². The molecule has 6 nitrogen and oxygen atoms in total. The number of phenols is 1. The van der Waals surface area contributed by atoms with E-state index < -0.39 is 5.91 Å². The van der Waals surface area contributed by atoms with Crippen molar-refractivity contribution in [2.24, 2.45) is 0 Å². The Hall–Kier alpha value is -2.34. The van der Waals surface area contributed by atoms with Crippen LogP contribution in [0.2, 0.25) is 5.02 Å². The van der Waals surface area contributed by atoms with E-state index in [4.69, 9.17) is 16.3 Å². The van der Waals surface area contributed by atoms with Crippen LogP contribution in [-0.2, 0) is 0 Å². The number of phenolic OH excluding ortho intramolecular Hbond substituents is 1. The Morgan fingerprint density at radius 1 is 1.40 bits per heavy atom. The van der Waals surface area contributed by atoms with Gasteiger partial charge in [-0.1, -0.05) is 17.7 Å². The van der Waals surface area contributed by atoms with E-state index in [1.807, 2.05) is 0 Å². The van der Waals surface area contributed by atoms with Gasteiger partial charge in [-0.2, -0.15) is 0 Å². The number of aromatic hydroxyl groups is 1. The van der Waals surface area contributed by atoms with Crippen LogP contribution in [0.1, 0.15) is 17.3 Å². The van der Waals surface area contributed by atoms with Gasteiger partial charge in [-0.05, 0) is 19.1 Å². The third-order valence-corrected chi connectivity index (χ3v) is 2.57. The van der Waals surface area contributed by atoms with E-state index in [2.05, 4.69) is 15.3 Å². The highest BCUT2D eigenvalue weighted by Crippen LogP contribution is 2.28. The van der Waals surface area contributed by atoms with Crippen LogP contribution in [0.3, 0.4) is 0 Å². The third kappa shape index (κ3) is 3.16. The molecule has 0 saturated heterocycles. The highest BCUT2D eigenvalue weighted by atomic mass is 35.5. The normalized spacial score (nSPS) is 10.1. The molecule has 2 N–H and O–H groups in total. The van der Waals surface area contributed by atoms with E-state index in [1.165, 1.54) is 18.5 Å². The number of anilines is 1. The molecule has 7 heteroatoms. The lowest BCUT2D eigenvalue weighted by atomic mass is 10.1. The predicted molar refractivity (Wildman–Crippen MR) is 74.3 cm³/mol. The fourth-order valence-corrected chi connectivity index (χ4v) is 1.66. The number of amides is 1. The van der Waals surface area contributed by atoms with Crippen molar-refractivity contribution in [2.45, 2.75) is 6.92 Å². The summed E-state index contributed by atoms with van der Waals surface area (Å²) in [5.41, 5.74) is 0.0351. The van der Waals surface area contributed by atoms with Crippen molar-refractivity contribution < 1.29 is 14.6 Å². The summed E-state index contributed by atoms with van der Waals surface area (Å²) in [6, 6.07) is 4.59. The van der Waals surface area contributed by atoms with Crippen LogP contribution in [0.5, 0.6) is 11.5 Å². The molecule has 2 rings (SSSR count). The van der Waals surface area contributed by atoms with Crippen LogP contribution >= 0.6 is 11.6 Å². The highest BCUT2D eigenvalue weighted by molar-refractivity contribution is 6.30. The summed E-state index contributed by atoms with van der Waals surface area (Å²) in [6.45, 7) is 2.16. The average molecular weight is 294 g/mol. The Morgan fingerprint density at radius 3 is 2.75 bits per heavy atom. The topological polar surface area (TPSA) is 84.3 Å². The molecule has 0 unspecified atom stereocenters. The number of hydrogen-bond donors (Lipinski definition) is 2. The van der Waals surface area contributed by atoms with E-state index in [1.54, 1.807) is 19.1 Å². The van der Waals surface area contributed by atoms with Gasteiger partial charge in [0.25, 0.3) is 5.91 Å². The predicted octanol–water partition coefficient (Wildman–Crippen LogP) is 2.49. The second kappa shape index (κ2) is 6.21. The van der Waals surface area contributed by atoms with Crippen molar-refractivity contribution in [3.8, 4) is 11.5 Å². The number of rotatable bonds is 4. The van der Waals surface area contributed by atoms with Gasteiger partial charge in [-0.25, -0.2) is 9.97 Å². The van der Waals surface area contributed by atoms with E-state index in [-0.39, 0.29) is 17.3 Å². The van der Waals surface area contributed by atoms with Gasteiger partial charge in [0.05, 0.1) is 24.0 Å². The lowest BCUT2D eigenvalue weighted by molar-refractivity contribution is 0.101. The number of halogens is 1. The number of ether oxygens (including phenoxy) is 1. The molecule has 1 amide bonds. The van der Waals surface area contributed by atoms with Gasteiger partial charge in [-0.3, -0.25) is 10.1 Å². The summed E-state index contributed by atoms with van der Waals surface area (Å²) in [5.74, 6) is -0.361. The SMILES string of the molecule is CCOc1cccc(O)c1C(=O)Nc1ncc(Cl)cn1. The minimum Gasteiger partial charge on any atom is -0.507 e. The first-order valence-corrected chi connectivity index (χ1v) is 6.23. The fraction of sp³-hybridized carbons (Fsp3) is 0.154. The maximum Gasteiger partial charge on any atom is 0.265 e. The average Bonchev–Trinajstić information content (AvgIpc) is 2.42. The molecule has 1 heterocycles. The molecular weight excluding hydrogens is 282 g/mol. The Morgan fingerprint density at radius 2 is 2.10 bits per heavy atom. The summed E-state index contributed by atoms with van der Waals surface area (Å²) >= 11 is 5.66. The number of nitrogens with one attached hydrogen (secondary N) is 1. The highest BCUT2D eigenvalue weighted by Gasteiger charge is 2.18. The molecule has 0 fully saturated rings. The van der Waals surface area contributed by atoms with Crippen LogP contribution in [-0.4, -0.2) is 27.6 Å². The lowest BCUT2D eigenvalue weighted by Gasteiger charge is -2.11. The van der Waals surface area contributed by atoms with Crippen LogP contribution in [0.15, 0.2) is 30.6 Å². The number of benzene rings is 1. The first-order chi connectivity index (χ1) is 9.61. The molecule has 1 aromatic heterocycles. The zero-order valence-electron chi connectivity index (χ0n) is 10.6. The van der Waals surface area contributed by atoms with Gasteiger partial charge in [-0.15, -0.1) is 0 Å². The minimum atomic E-state index is -0.561. The van der Waals surface area contributed by atoms with Crippen molar-refractivity contribution in [1.29, 1.82) is 0 Å². The van der Waals surface area contributed by atoms with Gasteiger partial charge < -0.3 is 9.84 Å². The van der Waals surface area contributed by atoms with Crippen LogP contribution < -0.4 is 10.1 Å². The van der Waals surface area contributed by atoms with E-state index in [0.29, 0.717) is 17.4 Å². The van der Waals surface area contributed by atoms with Crippen molar-refractivity contribution >= 4 is 23.5 Å². The van der Waals surface area contributed by atoms with E-state index in [0.717, 1.165) is 0 Å². The van der Waals surface area contributed by atoms with Crippen molar-refractivity contribution in [3.63, 3.8) is 0 Å². The Kier molecular flexibility index (Phi) is 4.37. The molecule has 0 radical (unpaired) electrons. The molecule has 0 aliphatic heterocycles. The number of carbonyl (C=O) groups excluding carboxylic acids is 1. The van der Waals surface area contributed by atoms with Gasteiger partial charge in [0, 0.05) is 0 Å². The number of hydrogen-bond acceptors (Lipinski definition) is 5. The third-order valence-electron chi connectivity index (χ3n) is 2.38. The number of aromatic nitrogens is 2. The molecule has 104 valence electrons. The summed E-state index contributed by atoms with van der Waals surface area (Å²) in [4.78, 5) is 19.9. The molecule has 0 saturated carbocycles. The summed E-state index contributed by atoms with van der Waals surface area (Å²) in [6.07, 6.45) is 2.72. The van der Waals surface area contributed by atoms with Crippen molar-refractivity contribution in [2.75, 3.05) is 11.9 Å². The zero-order chi connectivity index (χ0) is 14.5. The van der Waals surface area contributed by atoms with E-state index >= 15 is 0 Å². The second-order valence-electron chi connectivity index (χ2n) is 3.76. The largest absolute Gasteiger partial charge is 0.507 e. The zero-order valence-corrected chi connectivity index (χ0v) is 11.4. The summed E-state index contributed by atoms with van der Waals surface area (Å²) in [7, 11) is 0. The molecule has 0 spiro atoms. The molecule has 20 heavy (non-hydrogen) atoms. The first-order valence-electron chi connectivity index (χ1n) is 5.85. The van der Waals surface area contributed by atoms with Crippen LogP contribution in [0.25, 0.3) is 0 Å². The fourth-order valence-electron chi connectivity index (χ4n) is 1.56. The molecular formula is C13H12ClN3O3.